The van der Waals surface area contributed by atoms with Gasteiger partial charge < -0.3 is 11.1 Å². The van der Waals surface area contributed by atoms with Crippen LogP contribution in [0.15, 0.2) is 0 Å². The van der Waals surface area contributed by atoms with Gasteiger partial charge in [-0.2, -0.15) is 5.10 Å². The number of nitrogens with two attached hydrogens (primary N) is 1. The van der Waals surface area contributed by atoms with Gasteiger partial charge in [0, 0.05) is 13.0 Å². The van der Waals surface area contributed by atoms with E-state index in [1.165, 1.54) is 0 Å². The highest BCUT2D eigenvalue weighted by Crippen LogP contribution is 2.14. The lowest BCUT2D eigenvalue weighted by atomic mass is 10.3. The highest BCUT2D eigenvalue weighted by molar-refractivity contribution is 5.75. The summed E-state index contributed by atoms with van der Waals surface area (Å²) in [6.07, 6.45) is 0.668. The minimum atomic E-state index is -0.0755. The van der Waals surface area contributed by atoms with Crippen molar-refractivity contribution in [1.29, 1.82) is 0 Å². The number of rotatable bonds is 4. The SMILES string of the molecule is CC#CCCNC(=O)Cn1nc(C)c(N)c1C. The maximum Gasteiger partial charge on any atom is 0.241 e. The van der Waals surface area contributed by atoms with Crippen LogP contribution < -0.4 is 11.1 Å². The molecule has 0 unspecified atom stereocenters. The lowest BCUT2D eigenvalue weighted by molar-refractivity contribution is -0.121. The summed E-state index contributed by atoms with van der Waals surface area (Å²) in [5.74, 6) is 5.59. The number of anilines is 1. The predicted molar refractivity (Wildman–Crippen MR) is 67.2 cm³/mol. The minimum Gasteiger partial charge on any atom is -0.396 e. The van der Waals surface area contributed by atoms with Crippen molar-refractivity contribution in [3.8, 4) is 11.8 Å². The number of hydrogen-bond donors (Lipinski definition) is 2. The molecular formula is C12H18N4O. The van der Waals surface area contributed by atoms with Gasteiger partial charge in [-0.25, -0.2) is 0 Å². The Morgan fingerprint density at radius 1 is 1.53 bits per heavy atom. The summed E-state index contributed by atoms with van der Waals surface area (Å²) in [4.78, 5) is 11.6. The second kappa shape index (κ2) is 5.94. The smallest absolute Gasteiger partial charge is 0.241 e. The Morgan fingerprint density at radius 2 is 2.24 bits per heavy atom. The number of nitrogen functional groups attached to an aromatic ring is 1. The highest BCUT2D eigenvalue weighted by Gasteiger charge is 2.10. The molecule has 0 atom stereocenters. The van der Waals surface area contributed by atoms with Crippen LogP contribution in [0.25, 0.3) is 0 Å². The predicted octanol–water partition coefficient (Wildman–Crippen LogP) is 0.612. The zero-order valence-electron chi connectivity index (χ0n) is 10.5. The van der Waals surface area contributed by atoms with Crippen molar-refractivity contribution in [2.75, 3.05) is 12.3 Å². The van der Waals surface area contributed by atoms with Crippen LogP contribution in [-0.4, -0.2) is 22.2 Å². The molecule has 1 rings (SSSR count). The van der Waals surface area contributed by atoms with E-state index in [1.54, 1.807) is 11.6 Å². The molecule has 1 amide bonds. The molecule has 0 aromatic carbocycles. The summed E-state index contributed by atoms with van der Waals surface area (Å²) in [5.41, 5.74) is 8.01. The molecule has 1 aromatic heterocycles. The van der Waals surface area contributed by atoms with E-state index in [0.29, 0.717) is 18.7 Å². The molecule has 0 saturated heterocycles. The molecule has 1 aromatic rings. The molecule has 0 spiro atoms. The maximum absolute atomic E-state index is 11.6. The van der Waals surface area contributed by atoms with Gasteiger partial charge >= 0.3 is 0 Å². The number of aromatic nitrogens is 2. The molecule has 5 nitrogen and oxygen atoms in total. The lowest BCUT2D eigenvalue weighted by Crippen LogP contribution is -2.29. The Balaban J connectivity index is 2.50. The largest absolute Gasteiger partial charge is 0.396 e. The van der Waals surface area contributed by atoms with Crippen molar-refractivity contribution in [2.45, 2.75) is 33.7 Å². The first-order chi connectivity index (χ1) is 8.06. The van der Waals surface area contributed by atoms with Crippen LogP contribution in [0.1, 0.15) is 24.7 Å². The second-order valence-electron chi connectivity index (χ2n) is 3.77. The van der Waals surface area contributed by atoms with Crippen LogP contribution in [0.2, 0.25) is 0 Å². The molecule has 17 heavy (non-hydrogen) atoms. The van der Waals surface area contributed by atoms with Crippen LogP contribution >= 0.6 is 0 Å². The van der Waals surface area contributed by atoms with Crippen LogP contribution in [0.3, 0.4) is 0 Å². The highest BCUT2D eigenvalue weighted by atomic mass is 16.2. The minimum absolute atomic E-state index is 0.0755. The van der Waals surface area contributed by atoms with Crippen molar-refractivity contribution < 1.29 is 4.79 Å². The number of aryl methyl sites for hydroxylation is 1. The van der Waals surface area contributed by atoms with Gasteiger partial charge in [-0.3, -0.25) is 9.48 Å². The van der Waals surface area contributed by atoms with Crippen LogP contribution in [0.4, 0.5) is 5.69 Å². The lowest BCUT2D eigenvalue weighted by Gasteiger charge is -2.05. The first-order valence-electron chi connectivity index (χ1n) is 5.52. The third-order valence-electron chi connectivity index (χ3n) is 2.48. The monoisotopic (exact) mass is 234 g/mol. The normalized spacial score (nSPS) is 9.59. The summed E-state index contributed by atoms with van der Waals surface area (Å²) >= 11 is 0. The standard InChI is InChI=1S/C12H18N4O/c1-4-5-6-7-14-11(17)8-16-10(3)12(13)9(2)15-16/h6-8,13H2,1-3H3,(H,14,17). The average molecular weight is 234 g/mol. The van der Waals surface area contributed by atoms with Crippen LogP contribution in [-0.2, 0) is 11.3 Å². The Kier molecular flexibility index (Phi) is 4.58. The van der Waals surface area contributed by atoms with E-state index in [-0.39, 0.29) is 12.5 Å². The van der Waals surface area contributed by atoms with Gasteiger partial charge in [-0.05, 0) is 20.8 Å². The number of amides is 1. The quantitative estimate of drug-likeness (QED) is 0.592. The zero-order valence-corrected chi connectivity index (χ0v) is 10.5. The second-order valence-corrected chi connectivity index (χ2v) is 3.77. The molecule has 0 fully saturated rings. The number of carbonyl (C=O) groups is 1. The van der Waals surface area contributed by atoms with Gasteiger partial charge in [0.2, 0.25) is 5.91 Å². The van der Waals surface area contributed by atoms with E-state index in [9.17, 15) is 4.79 Å². The molecule has 0 aliphatic rings. The molecular weight excluding hydrogens is 216 g/mol. The molecule has 0 bridgehead atoms. The molecule has 5 heteroatoms. The van der Waals surface area contributed by atoms with Gasteiger partial charge in [0.1, 0.15) is 6.54 Å². The molecule has 3 N–H and O–H groups in total. The topological polar surface area (TPSA) is 72.9 Å². The Labute approximate surface area is 101 Å². The molecule has 1 heterocycles. The van der Waals surface area contributed by atoms with Gasteiger partial charge in [0.15, 0.2) is 0 Å². The molecule has 92 valence electrons. The van der Waals surface area contributed by atoms with E-state index in [2.05, 4.69) is 22.3 Å². The Hall–Kier alpha value is -1.96. The van der Waals surface area contributed by atoms with Crippen molar-refractivity contribution in [1.82, 2.24) is 15.1 Å². The third-order valence-corrected chi connectivity index (χ3v) is 2.48. The van der Waals surface area contributed by atoms with Crippen LogP contribution in [0, 0.1) is 25.7 Å². The zero-order chi connectivity index (χ0) is 12.8. The van der Waals surface area contributed by atoms with Crippen LogP contribution in [0.5, 0.6) is 0 Å². The van der Waals surface area contributed by atoms with E-state index in [1.807, 2.05) is 13.8 Å². The van der Waals surface area contributed by atoms with E-state index in [0.717, 1.165) is 11.4 Å². The Bertz CT molecular complexity index is 465. The molecule has 0 saturated carbocycles. The summed E-state index contributed by atoms with van der Waals surface area (Å²) in [5, 5.41) is 6.98. The summed E-state index contributed by atoms with van der Waals surface area (Å²) < 4.78 is 1.62. The first-order valence-corrected chi connectivity index (χ1v) is 5.52. The van der Waals surface area contributed by atoms with Crippen molar-refractivity contribution >= 4 is 11.6 Å². The van der Waals surface area contributed by atoms with Gasteiger partial charge in [-0.1, -0.05) is 0 Å². The fourth-order valence-corrected chi connectivity index (χ4v) is 1.45. The molecule has 0 aliphatic heterocycles. The fourth-order valence-electron chi connectivity index (χ4n) is 1.45. The molecule has 0 radical (unpaired) electrons. The van der Waals surface area contributed by atoms with Crippen molar-refractivity contribution in [3.05, 3.63) is 11.4 Å². The Morgan fingerprint density at radius 3 is 2.76 bits per heavy atom. The van der Waals surface area contributed by atoms with Gasteiger partial charge in [-0.15, -0.1) is 11.8 Å². The summed E-state index contributed by atoms with van der Waals surface area (Å²) in [6.45, 7) is 6.22. The van der Waals surface area contributed by atoms with E-state index in [4.69, 9.17) is 5.73 Å². The van der Waals surface area contributed by atoms with Crippen molar-refractivity contribution in [2.24, 2.45) is 0 Å². The van der Waals surface area contributed by atoms with Crippen molar-refractivity contribution in [3.63, 3.8) is 0 Å². The third kappa shape index (κ3) is 3.52. The fraction of sp³-hybridized carbons (Fsp3) is 0.500. The average Bonchev–Trinajstić information content (AvgIpc) is 2.53. The maximum atomic E-state index is 11.6. The van der Waals surface area contributed by atoms with E-state index >= 15 is 0 Å². The number of nitrogens with one attached hydrogen (secondary N) is 1. The summed E-state index contributed by atoms with van der Waals surface area (Å²) in [6, 6.07) is 0. The number of carbonyl (C=O) groups excluding carboxylic acids is 1. The number of hydrogen-bond acceptors (Lipinski definition) is 3. The number of nitrogens with zero attached hydrogens (tertiary/aromatic N) is 2. The molecule has 0 aliphatic carbocycles. The first kappa shape index (κ1) is 13.1. The summed E-state index contributed by atoms with van der Waals surface area (Å²) in [7, 11) is 0. The van der Waals surface area contributed by atoms with E-state index < -0.39 is 0 Å². The van der Waals surface area contributed by atoms with Gasteiger partial charge in [0.05, 0.1) is 17.1 Å². The van der Waals surface area contributed by atoms with Gasteiger partial charge in [0.25, 0.3) is 0 Å².